The minimum Gasteiger partial charge on any atom is -0.454 e. The molecule has 1 fully saturated rings. The largest absolute Gasteiger partial charge is 0.454 e. The zero-order valence-electron chi connectivity index (χ0n) is 20.8. The van der Waals surface area contributed by atoms with Gasteiger partial charge in [0.15, 0.2) is 5.69 Å². The number of carbonyl (C=O) groups excluding carboxylic acids is 1. The molecule has 1 saturated carbocycles. The molecule has 0 bridgehead atoms. The summed E-state index contributed by atoms with van der Waals surface area (Å²) in [6.07, 6.45) is 1.72. The van der Waals surface area contributed by atoms with Crippen LogP contribution < -0.4 is 0 Å². The van der Waals surface area contributed by atoms with Gasteiger partial charge >= 0.3 is 5.97 Å². The Morgan fingerprint density at radius 1 is 1.11 bits per heavy atom. The van der Waals surface area contributed by atoms with E-state index in [1.54, 1.807) is 0 Å². The van der Waals surface area contributed by atoms with E-state index in [1.165, 1.54) is 12.5 Å². The third-order valence-electron chi connectivity index (χ3n) is 6.46. The van der Waals surface area contributed by atoms with Gasteiger partial charge < -0.3 is 9.26 Å². The number of aryl methyl sites for hydroxylation is 1. The van der Waals surface area contributed by atoms with Gasteiger partial charge in [0.2, 0.25) is 5.82 Å². The van der Waals surface area contributed by atoms with Gasteiger partial charge in [0.25, 0.3) is 5.89 Å². The van der Waals surface area contributed by atoms with Crippen LogP contribution in [-0.4, -0.2) is 25.9 Å². The number of nitrogens with zero attached hydrogens (tertiary/aromatic N) is 4. The fourth-order valence-electron chi connectivity index (χ4n) is 4.30. The standard InChI is InChI=1S/C28H30N4O3/c1-18-15-24(26-29-25(31-35-26)21-9-11-22(12-10-21)27(3,4)5)30-32(18)17-20-7-6-8-23(16-20)28(13-14-28)34-19(2)33/h6-12,15-16H,13-14,17H2,1-5H3. The third-order valence-corrected chi connectivity index (χ3v) is 6.46. The Labute approximate surface area is 205 Å². The van der Waals surface area contributed by atoms with Crippen molar-refractivity contribution in [3.05, 3.63) is 77.0 Å². The molecule has 0 spiro atoms. The number of hydrogen-bond acceptors (Lipinski definition) is 6. The van der Waals surface area contributed by atoms with Gasteiger partial charge in [-0.1, -0.05) is 68.4 Å². The number of ether oxygens (including phenoxy) is 1. The summed E-state index contributed by atoms with van der Waals surface area (Å²) in [6, 6.07) is 18.4. The summed E-state index contributed by atoms with van der Waals surface area (Å²) in [5.74, 6) is 0.687. The van der Waals surface area contributed by atoms with Gasteiger partial charge in [-0.15, -0.1) is 0 Å². The first kappa shape index (κ1) is 23.0. The number of hydrogen-bond donors (Lipinski definition) is 0. The van der Waals surface area contributed by atoms with E-state index in [4.69, 9.17) is 14.4 Å². The number of carbonyl (C=O) groups is 1. The van der Waals surface area contributed by atoms with Crippen molar-refractivity contribution in [2.45, 2.75) is 65.0 Å². The van der Waals surface area contributed by atoms with Crippen LogP contribution in [-0.2, 0) is 27.1 Å². The molecule has 0 aliphatic heterocycles. The fourth-order valence-corrected chi connectivity index (χ4v) is 4.30. The average Bonchev–Trinajstić information content (AvgIpc) is 3.24. The smallest absolute Gasteiger partial charge is 0.303 e. The monoisotopic (exact) mass is 470 g/mol. The zero-order valence-corrected chi connectivity index (χ0v) is 20.8. The van der Waals surface area contributed by atoms with Crippen molar-refractivity contribution in [1.29, 1.82) is 0 Å². The van der Waals surface area contributed by atoms with E-state index in [0.29, 0.717) is 24.0 Å². The topological polar surface area (TPSA) is 83.0 Å². The van der Waals surface area contributed by atoms with E-state index in [0.717, 1.165) is 35.2 Å². The quantitative estimate of drug-likeness (QED) is 0.331. The van der Waals surface area contributed by atoms with E-state index in [2.05, 4.69) is 55.2 Å². The van der Waals surface area contributed by atoms with Gasteiger partial charge in [-0.3, -0.25) is 9.48 Å². The summed E-state index contributed by atoms with van der Waals surface area (Å²) < 4.78 is 13.1. The second kappa shape index (κ2) is 8.48. The maximum Gasteiger partial charge on any atom is 0.303 e. The fraction of sp³-hybridized carbons (Fsp3) is 0.357. The van der Waals surface area contributed by atoms with E-state index in [-0.39, 0.29) is 11.4 Å². The summed E-state index contributed by atoms with van der Waals surface area (Å²) in [7, 11) is 0. The summed E-state index contributed by atoms with van der Waals surface area (Å²) in [6.45, 7) is 10.6. The Kier molecular flexibility index (Phi) is 5.58. The highest BCUT2D eigenvalue weighted by molar-refractivity contribution is 5.67. The Bertz CT molecular complexity index is 1370. The van der Waals surface area contributed by atoms with Crippen molar-refractivity contribution in [3.8, 4) is 23.0 Å². The molecule has 0 radical (unpaired) electrons. The molecule has 7 nitrogen and oxygen atoms in total. The molecule has 2 heterocycles. The van der Waals surface area contributed by atoms with Crippen molar-refractivity contribution in [2.75, 3.05) is 0 Å². The highest BCUT2D eigenvalue weighted by Gasteiger charge is 2.48. The maximum absolute atomic E-state index is 11.5. The number of esters is 1. The molecule has 2 aromatic heterocycles. The minimum atomic E-state index is -0.461. The van der Waals surface area contributed by atoms with Crippen molar-refractivity contribution in [3.63, 3.8) is 0 Å². The predicted octanol–water partition coefficient (Wildman–Crippen LogP) is 5.81. The van der Waals surface area contributed by atoms with Gasteiger partial charge in [-0.25, -0.2) is 0 Å². The molecular formula is C28H30N4O3. The molecule has 7 heteroatoms. The van der Waals surface area contributed by atoms with Gasteiger partial charge in [0.1, 0.15) is 5.60 Å². The van der Waals surface area contributed by atoms with E-state index >= 15 is 0 Å². The van der Waals surface area contributed by atoms with Gasteiger partial charge in [-0.05, 0) is 54.0 Å². The summed E-state index contributed by atoms with van der Waals surface area (Å²) in [4.78, 5) is 16.1. The molecule has 5 rings (SSSR count). The molecule has 1 aliphatic rings. The molecule has 35 heavy (non-hydrogen) atoms. The first-order valence-electron chi connectivity index (χ1n) is 11.9. The minimum absolute atomic E-state index is 0.0878. The van der Waals surface area contributed by atoms with Crippen LogP contribution in [0.3, 0.4) is 0 Å². The van der Waals surface area contributed by atoms with Crippen molar-refractivity contribution >= 4 is 5.97 Å². The highest BCUT2D eigenvalue weighted by Crippen LogP contribution is 2.49. The Morgan fingerprint density at radius 2 is 1.86 bits per heavy atom. The van der Waals surface area contributed by atoms with Gasteiger partial charge in [-0.2, -0.15) is 10.1 Å². The maximum atomic E-state index is 11.5. The molecule has 0 saturated heterocycles. The van der Waals surface area contributed by atoms with E-state index < -0.39 is 5.60 Å². The molecule has 0 unspecified atom stereocenters. The second-order valence-electron chi connectivity index (χ2n) is 10.4. The third kappa shape index (κ3) is 4.76. The SMILES string of the molecule is CC(=O)OC1(c2cccc(Cn3nc(-c4nc(-c5ccc(C(C)(C)C)cc5)no4)cc3C)c2)CC1. The van der Waals surface area contributed by atoms with Crippen molar-refractivity contribution in [1.82, 2.24) is 19.9 Å². The lowest BCUT2D eigenvalue weighted by Crippen LogP contribution is -2.16. The molecule has 0 N–H and O–H groups in total. The van der Waals surface area contributed by atoms with Crippen LogP contribution in [0.1, 0.15) is 62.9 Å². The summed E-state index contributed by atoms with van der Waals surface area (Å²) in [5.41, 5.74) is 5.54. The molecule has 0 amide bonds. The Hall–Kier alpha value is -3.74. The van der Waals surface area contributed by atoms with Crippen LogP contribution >= 0.6 is 0 Å². The first-order valence-corrected chi connectivity index (χ1v) is 11.9. The average molecular weight is 471 g/mol. The van der Waals surface area contributed by atoms with Crippen LogP contribution in [0.15, 0.2) is 59.1 Å². The molecule has 180 valence electrons. The predicted molar refractivity (Wildman–Crippen MR) is 133 cm³/mol. The number of aromatic nitrogens is 4. The summed E-state index contributed by atoms with van der Waals surface area (Å²) >= 11 is 0. The van der Waals surface area contributed by atoms with Crippen molar-refractivity contribution in [2.24, 2.45) is 0 Å². The lowest BCUT2D eigenvalue weighted by molar-refractivity contribution is -0.149. The normalized spacial score (nSPS) is 14.7. The highest BCUT2D eigenvalue weighted by atomic mass is 16.6. The van der Waals surface area contributed by atoms with Crippen LogP contribution in [0.25, 0.3) is 23.0 Å². The Balaban J connectivity index is 1.34. The van der Waals surface area contributed by atoms with Crippen LogP contribution in [0.5, 0.6) is 0 Å². The summed E-state index contributed by atoms with van der Waals surface area (Å²) in [5, 5.41) is 8.89. The number of rotatable bonds is 6. The second-order valence-corrected chi connectivity index (χ2v) is 10.4. The zero-order chi connectivity index (χ0) is 24.8. The van der Waals surface area contributed by atoms with Gasteiger partial charge in [0, 0.05) is 18.2 Å². The van der Waals surface area contributed by atoms with Crippen LogP contribution in [0, 0.1) is 6.92 Å². The van der Waals surface area contributed by atoms with Crippen molar-refractivity contribution < 1.29 is 14.1 Å². The molecular weight excluding hydrogens is 440 g/mol. The lowest BCUT2D eigenvalue weighted by Gasteiger charge is -2.18. The Morgan fingerprint density at radius 3 is 2.51 bits per heavy atom. The van der Waals surface area contributed by atoms with Crippen LogP contribution in [0.2, 0.25) is 0 Å². The molecule has 0 atom stereocenters. The first-order chi connectivity index (χ1) is 16.6. The van der Waals surface area contributed by atoms with Crippen LogP contribution in [0.4, 0.5) is 0 Å². The number of benzene rings is 2. The lowest BCUT2D eigenvalue weighted by atomic mass is 9.87. The van der Waals surface area contributed by atoms with Gasteiger partial charge in [0.05, 0.1) is 6.54 Å². The van der Waals surface area contributed by atoms with E-state index in [1.807, 2.05) is 41.9 Å². The molecule has 4 aromatic rings. The molecule has 2 aromatic carbocycles. The molecule has 1 aliphatic carbocycles. The van der Waals surface area contributed by atoms with E-state index in [9.17, 15) is 4.79 Å².